The number of hydrogen-bond acceptors (Lipinski definition) is 9. The highest BCUT2D eigenvalue weighted by atomic mass is 31.2. The Hall–Kier alpha value is -1.81. The molecule has 11 heteroatoms. The molecular weight excluding hydrogens is 840 g/mol. The summed E-state index contributed by atoms with van der Waals surface area (Å²) < 4.78 is 32.8. The van der Waals surface area contributed by atoms with E-state index in [1.807, 2.05) is 0 Å². The van der Waals surface area contributed by atoms with Crippen molar-refractivity contribution in [2.75, 3.05) is 26.4 Å². The summed E-state index contributed by atoms with van der Waals surface area (Å²) in [5.74, 6) is -1.02. The van der Waals surface area contributed by atoms with E-state index in [1.165, 1.54) is 148 Å². The van der Waals surface area contributed by atoms with Gasteiger partial charge in [-0.25, -0.2) is 4.57 Å². The van der Waals surface area contributed by atoms with Crippen LogP contribution in [0.2, 0.25) is 0 Å². The second-order valence-electron chi connectivity index (χ2n) is 18.2. The van der Waals surface area contributed by atoms with Crippen LogP contribution in [-0.4, -0.2) is 65.7 Å². The molecular formula is C54H101O10P. The molecule has 3 atom stereocenters. The molecule has 3 unspecified atom stereocenters. The van der Waals surface area contributed by atoms with Gasteiger partial charge in [0, 0.05) is 12.8 Å². The van der Waals surface area contributed by atoms with E-state index in [9.17, 15) is 29.3 Å². The number of esters is 2. The SMILES string of the molecule is CCCCC/C=C\C/C=C\C/C=C\CCCCCCCCC(=O)OC(CO)COP(=O)(O)OCC(CO)OC(=O)CCCCCCCCCCCCCCCCCCCCCCCCC. The van der Waals surface area contributed by atoms with Gasteiger partial charge in [-0.05, 0) is 51.4 Å². The molecule has 382 valence electrons. The Balaban J connectivity index is 3.81. The summed E-state index contributed by atoms with van der Waals surface area (Å²) in [5, 5.41) is 19.3. The lowest BCUT2D eigenvalue weighted by Gasteiger charge is -2.20. The highest BCUT2D eigenvalue weighted by molar-refractivity contribution is 7.47. The Morgan fingerprint density at radius 3 is 1.00 bits per heavy atom. The summed E-state index contributed by atoms with van der Waals surface area (Å²) in [7, 11) is -4.65. The number of carbonyl (C=O) groups is 2. The third-order valence-corrected chi connectivity index (χ3v) is 12.8. The quantitative estimate of drug-likeness (QED) is 0.0233. The van der Waals surface area contributed by atoms with Crippen LogP contribution in [0.5, 0.6) is 0 Å². The van der Waals surface area contributed by atoms with Crippen LogP contribution in [0, 0.1) is 0 Å². The number of hydrogen-bond donors (Lipinski definition) is 3. The molecule has 3 N–H and O–H groups in total. The zero-order chi connectivity index (χ0) is 47.6. The Labute approximate surface area is 399 Å². The van der Waals surface area contributed by atoms with Crippen molar-refractivity contribution in [3.05, 3.63) is 36.5 Å². The van der Waals surface area contributed by atoms with Crippen LogP contribution in [-0.2, 0) is 32.7 Å². The predicted octanol–water partition coefficient (Wildman–Crippen LogP) is 15.5. The average molecular weight is 941 g/mol. The lowest BCUT2D eigenvalue weighted by molar-refractivity contribution is -0.153. The van der Waals surface area contributed by atoms with Crippen LogP contribution in [0.15, 0.2) is 36.5 Å². The largest absolute Gasteiger partial charge is 0.472 e. The molecule has 0 fully saturated rings. The van der Waals surface area contributed by atoms with Gasteiger partial charge in [0.25, 0.3) is 0 Å². The first-order valence-corrected chi connectivity index (χ1v) is 28.4. The summed E-state index contributed by atoms with van der Waals surface area (Å²) in [6.45, 7) is 2.22. The molecule has 0 saturated carbocycles. The van der Waals surface area contributed by atoms with Gasteiger partial charge in [0.05, 0.1) is 26.4 Å². The van der Waals surface area contributed by atoms with E-state index in [0.29, 0.717) is 12.8 Å². The van der Waals surface area contributed by atoms with Crippen LogP contribution < -0.4 is 0 Å². The normalized spacial score (nSPS) is 13.9. The minimum Gasteiger partial charge on any atom is -0.457 e. The van der Waals surface area contributed by atoms with Crippen molar-refractivity contribution < 1.29 is 47.8 Å². The Morgan fingerprint density at radius 1 is 0.415 bits per heavy atom. The third-order valence-electron chi connectivity index (χ3n) is 11.9. The first kappa shape index (κ1) is 63.2. The van der Waals surface area contributed by atoms with Crippen LogP contribution in [0.4, 0.5) is 0 Å². The maximum atomic E-state index is 12.4. The molecule has 0 spiro atoms. The van der Waals surface area contributed by atoms with Gasteiger partial charge in [-0.15, -0.1) is 0 Å². The van der Waals surface area contributed by atoms with Crippen molar-refractivity contribution in [3.8, 4) is 0 Å². The number of phosphoric acid groups is 1. The van der Waals surface area contributed by atoms with Gasteiger partial charge in [0.15, 0.2) is 0 Å². The van der Waals surface area contributed by atoms with E-state index in [0.717, 1.165) is 70.6 Å². The zero-order valence-electron chi connectivity index (χ0n) is 42.0. The van der Waals surface area contributed by atoms with E-state index in [2.05, 4.69) is 50.3 Å². The minimum atomic E-state index is -4.65. The number of phosphoric ester groups is 1. The van der Waals surface area contributed by atoms with E-state index >= 15 is 0 Å². The monoisotopic (exact) mass is 941 g/mol. The summed E-state index contributed by atoms with van der Waals surface area (Å²) in [6, 6.07) is 0. The lowest BCUT2D eigenvalue weighted by atomic mass is 10.0. The Bertz CT molecular complexity index is 1170. The van der Waals surface area contributed by atoms with Crippen molar-refractivity contribution in [3.63, 3.8) is 0 Å². The molecule has 0 aliphatic rings. The molecule has 0 aromatic rings. The molecule has 0 aromatic carbocycles. The highest BCUT2D eigenvalue weighted by Crippen LogP contribution is 2.43. The number of ether oxygens (including phenoxy) is 2. The van der Waals surface area contributed by atoms with Gasteiger partial charge in [-0.3, -0.25) is 18.6 Å². The molecule has 0 aliphatic carbocycles. The summed E-state index contributed by atoms with van der Waals surface area (Å²) in [5.41, 5.74) is 0. The highest BCUT2D eigenvalue weighted by Gasteiger charge is 2.27. The van der Waals surface area contributed by atoms with Crippen molar-refractivity contribution in [2.24, 2.45) is 0 Å². The second kappa shape index (κ2) is 50.1. The van der Waals surface area contributed by atoms with E-state index in [-0.39, 0.29) is 12.8 Å². The van der Waals surface area contributed by atoms with E-state index in [4.69, 9.17) is 18.5 Å². The fourth-order valence-electron chi connectivity index (χ4n) is 7.71. The van der Waals surface area contributed by atoms with Gasteiger partial charge >= 0.3 is 19.8 Å². The van der Waals surface area contributed by atoms with Gasteiger partial charge in [-0.1, -0.05) is 230 Å². The molecule has 65 heavy (non-hydrogen) atoms. The van der Waals surface area contributed by atoms with E-state index < -0.39 is 58.4 Å². The van der Waals surface area contributed by atoms with Crippen LogP contribution >= 0.6 is 7.82 Å². The molecule has 0 bridgehead atoms. The molecule has 0 saturated heterocycles. The van der Waals surface area contributed by atoms with Gasteiger partial charge < -0.3 is 24.6 Å². The van der Waals surface area contributed by atoms with Gasteiger partial charge in [-0.2, -0.15) is 0 Å². The fourth-order valence-corrected chi connectivity index (χ4v) is 8.50. The van der Waals surface area contributed by atoms with Crippen molar-refractivity contribution in [1.29, 1.82) is 0 Å². The van der Waals surface area contributed by atoms with Gasteiger partial charge in [0.1, 0.15) is 12.2 Å². The van der Waals surface area contributed by atoms with Crippen molar-refractivity contribution >= 4 is 19.8 Å². The predicted molar refractivity (Wildman–Crippen MR) is 270 cm³/mol. The average Bonchev–Trinajstić information content (AvgIpc) is 3.30. The van der Waals surface area contributed by atoms with Crippen LogP contribution in [0.3, 0.4) is 0 Å². The number of rotatable bonds is 51. The standard InChI is InChI=1S/C54H101O10P/c1-3-5-7-9-11-13-15-17-19-21-23-24-25-26-28-30-32-34-36-38-40-42-44-46-54(58)64-52(48-56)50-62-65(59,60)61-49-51(47-55)63-53(57)45-43-41-39-37-35-33-31-29-27-22-20-18-16-14-12-10-8-6-4-2/h12,14,18,20,27,29,51-52,55-56H,3-11,13,15-17,19,21-26,28,30-50H2,1-2H3,(H,59,60)/b14-12-,20-18-,29-27-. The number of carbonyl (C=O) groups excluding carboxylic acids is 2. The maximum absolute atomic E-state index is 12.4. The molecule has 0 rings (SSSR count). The first-order chi connectivity index (χ1) is 31.8. The van der Waals surface area contributed by atoms with Gasteiger partial charge in [0.2, 0.25) is 0 Å². The summed E-state index contributed by atoms with van der Waals surface area (Å²) in [6.07, 6.45) is 55.5. The molecule has 0 aliphatic heterocycles. The Kier molecular flexibility index (Phi) is 48.7. The van der Waals surface area contributed by atoms with E-state index in [1.54, 1.807) is 0 Å². The number of unbranched alkanes of at least 4 members (excludes halogenated alkanes) is 31. The van der Waals surface area contributed by atoms with Crippen LogP contribution in [0.25, 0.3) is 0 Å². The number of aliphatic hydroxyl groups is 2. The van der Waals surface area contributed by atoms with Crippen LogP contribution in [0.1, 0.15) is 258 Å². The maximum Gasteiger partial charge on any atom is 0.472 e. The Morgan fingerprint density at radius 2 is 0.677 bits per heavy atom. The molecule has 0 radical (unpaired) electrons. The third kappa shape index (κ3) is 48.5. The fraction of sp³-hybridized carbons (Fsp3) is 0.852. The van der Waals surface area contributed by atoms with Crippen molar-refractivity contribution in [1.82, 2.24) is 0 Å². The molecule has 0 heterocycles. The second-order valence-corrected chi connectivity index (χ2v) is 19.7. The zero-order valence-corrected chi connectivity index (χ0v) is 42.9. The topological polar surface area (TPSA) is 149 Å². The summed E-state index contributed by atoms with van der Waals surface area (Å²) in [4.78, 5) is 34.7. The number of allylic oxidation sites excluding steroid dienone is 6. The molecule has 0 aromatic heterocycles. The molecule has 10 nitrogen and oxygen atoms in total. The molecule has 0 amide bonds. The van der Waals surface area contributed by atoms with Crippen molar-refractivity contribution in [2.45, 2.75) is 270 Å². The minimum absolute atomic E-state index is 0.178. The smallest absolute Gasteiger partial charge is 0.457 e. The first-order valence-electron chi connectivity index (χ1n) is 26.9. The number of aliphatic hydroxyl groups excluding tert-OH is 2. The lowest BCUT2D eigenvalue weighted by Crippen LogP contribution is -2.28. The summed E-state index contributed by atoms with van der Waals surface area (Å²) >= 11 is 0.